The summed E-state index contributed by atoms with van der Waals surface area (Å²) in [4.78, 5) is 6.95. The van der Waals surface area contributed by atoms with E-state index in [0.717, 1.165) is 12.5 Å². The molecule has 18 heavy (non-hydrogen) atoms. The molecule has 0 aromatic rings. The maximum absolute atomic E-state index is 5.64. The second kappa shape index (κ2) is 8.32. The van der Waals surface area contributed by atoms with E-state index < -0.39 is 0 Å². The molecule has 0 amide bonds. The Labute approximate surface area is 111 Å². The minimum Gasteiger partial charge on any atom is -0.382 e. The summed E-state index contributed by atoms with van der Waals surface area (Å²) >= 11 is 0. The van der Waals surface area contributed by atoms with Crippen molar-refractivity contribution < 1.29 is 4.74 Å². The van der Waals surface area contributed by atoms with E-state index in [2.05, 4.69) is 22.2 Å². The van der Waals surface area contributed by atoms with Crippen molar-refractivity contribution in [3.8, 4) is 0 Å². The van der Waals surface area contributed by atoms with Crippen LogP contribution in [0, 0.1) is 0 Å². The Morgan fingerprint density at radius 3 is 2.94 bits per heavy atom. The average molecular weight is 256 g/mol. The summed E-state index contributed by atoms with van der Waals surface area (Å²) in [6.07, 6.45) is 6.19. The van der Waals surface area contributed by atoms with Gasteiger partial charge in [0.25, 0.3) is 0 Å². The molecule has 0 aromatic heterocycles. The van der Waals surface area contributed by atoms with Crippen LogP contribution < -0.4 is 11.3 Å². The van der Waals surface area contributed by atoms with E-state index in [9.17, 15) is 0 Å². The van der Waals surface area contributed by atoms with E-state index in [1.54, 1.807) is 7.11 Å². The van der Waals surface area contributed by atoms with Crippen LogP contribution in [0.1, 0.15) is 46.0 Å². The summed E-state index contributed by atoms with van der Waals surface area (Å²) in [5, 5.41) is 0. The van der Waals surface area contributed by atoms with Gasteiger partial charge in [0.15, 0.2) is 0 Å². The van der Waals surface area contributed by atoms with Crippen LogP contribution in [0.15, 0.2) is 4.99 Å². The molecule has 3 N–H and O–H groups in total. The largest absolute Gasteiger partial charge is 0.382 e. The highest BCUT2D eigenvalue weighted by atomic mass is 16.5. The van der Waals surface area contributed by atoms with E-state index >= 15 is 0 Å². The first-order chi connectivity index (χ1) is 8.72. The number of hydrogen-bond donors (Lipinski definition) is 2. The Kier molecular flexibility index (Phi) is 7.05. The van der Waals surface area contributed by atoms with Gasteiger partial charge in [-0.25, -0.2) is 10.8 Å². The number of guanidine groups is 1. The Bertz CT molecular complexity index is 255. The smallest absolute Gasteiger partial charge is 0.208 e. The molecule has 1 fully saturated rings. The molecule has 0 aliphatic carbocycles. The van der Waals surface area contributed by atoms with Crippen molar-refractivity contribution in [2.45, 2.75) is 58.0 Å². The van der Waals surface area contributed by atoms with E-state index in [4.69, 9.17) is 10.6 Å². The van der Waals surface area contributed by atoms with Crippen molar-refractivity contribution >= 4 is 5.96 Å². The molecule has 1 heterocycles. The standard InChI is InChI=1S/C13H28N4O/c1-4-7-12-8-5-6-9-17(12)13(16-14)15-11(2)10-18-3/h11-12H,4-10,14H2,1-3H3,(H,15,16). The van der Waals surface area contributed by atoms with Crippen LogP contribution in [0.3, 0.4) is 0 Å². The summed E-state index contributed by atoms with van der Waals surface area (Å²) in [5.41, 5.74) is 2.77. The van der Waals surface area contributed by atoms with Crippen molar-refractivity contribution in [2.24, 2.45) is 10.8 Å². The first-order valence-electron chi connectivity index (χ1n) is 7.02. The fourth-order valence-corrected chi connectivity index (χ4v) is 2.59. The van der Waals surface area contributed by atoms with Crippen molar-refractivity contribution in [2.75, 3.05) is 20.3 Å². The third kappa shape index (κ3) is 4.46. The highest BCUT2D eigenvalue weighted by Crippen LogP contribution is 2.20. The van der Waals surface area contributed by atoms with Crippen LogP contribution in [0.25, 0.3) is 0 Å². The predicted octanol–water partition coefficient (Wildman–Crippen LogP) is 1.50. The number of nitrogens with one attached hydrogen (secondary N) is 1. The molecule has 0 bridgehead atoms. The number of hydrazine groups is 1. The van der Waals surface area contributed by atoms with Crippen molar-refractivity contribution in [3.05, 3.63) is 0 Å². The van der Waals surface area contributed by atoms with E-state index in [1.165, 1.54) is 32.1 Å². The monoisotopic (exact) mass is 256 g/mol. The molecule has 1 aliphatic rings. The van der Waals surface area contributed by atoms with Crippen molar-refractivity contribution in [3.63, 3.8) is 0 Å². The summed E-state index contributed by atoms with van der Waals surface area (Å²) in [6.45, 7) is 5.94. The molecule has 1 aliphatic heterocycles. The van der Waals surface area contributed by atoms with E-state index in [-0.39, 0.29) is 6.04 Å². The summed E-state index contributed by atoms with van der Waals surface area (Å²) in [6, 6.07) is 0.707. The van der Waals surface area contributed by atoms with Crippen LogP contribution in [0.4, 0.5) is 0 Å². The first-order valence-corrected chi connectivity index (χ1v) is 7.02. The van der Waals surface area contributed by atoms with Gasteiger partial charge in [-0.3, -0.25) is 5.43 Å². The van der Waals surface area contributed by atoms with Gasteiger partial charge in [0.1, 0.15) is 0 Å². The molecule has 106 valence electrons. The number of nitrogens with zero attached hydrogens (tertiary/aromatic N) is 2. The van der Waals surface area contributed by atoms with Crippen LogP contribution >= 0.6 is 0 Å². The summed E-state index contributed by atoms with van der Waals surface area (Å²) < 4.78 is 5.12. The minimum absolute atomic E-state index is 0.130. The average Bonchev–Trinajstić information content (AvgIpc) is 2.37. The molecule has 0 saturated carbocycles. The van der Waals surface area contributed by atoms with Gasteiger partial charge in [-0.2, -0.15) is 0 Å². The minimum atomic E-state index is 0.130. The lowest BCUT2D eigenvalue weighted by Crippen LogP contribution is -2.52. The molecular formula is C13H28N4O. The van der Waals surface area contributed by atoms with Gasteiger partial charge in [0, 0.05) is 19.7 Å². The normalized spacial score (nSPS) is 23.0. The van der Waals surface area contributed by atoms with Crippen LogP contribution in [0.5, 0.6) is 0 Å². The number of likely N-dealkylation sites (tertiary alicyclic amines) is 1. The second-order valence-corrected chi connectivity index (χ2v) is 5.03. The zero-order valence-corrected chi connectivity index (χ0v) is 12.0. The van der Waals surface area contributed by atoms with E-state index in [0.29, 0.717) is 12.6 Å². The topological polar surface area (TPSA) is 62.9 Å². The maximum Gasteiger partial charge on any atom is 0.208 e. The summed E-state index contributed by atoms with van der Waals surface area (Å²) in [7, 11) is 1.70. The predicted molar refractivity (Wildman–Crippen MR) is 75.3 cm³/mol. The lowest BCUT2D eigenvalue weighted by Gasteiger charge is -2.37. The number of methoxy groups -OCH3 is 1. The second-order valence-electron chi connectivity index (χ2n) is 5.03. The highest BCUT2D eigenvalue weighted by Gasteiger charge is 2.24. The number of rotatable bonds is 5. The third-order valence-electron chi connectivity index (χ3n) is 3.40. The molecule has 1 rings (SSSR count). The lowest BCUT2D eigenvalue weighted by molar-refractivity contribution is 0.182. The fraction of sp³-hybridized carbons (Fsp3) is 0.923. The highest BCUT2D eigenvalue weighted by molar-refractivity contribution is 5.80. The van der Waals surface area contributed by atoms with Gasteiger partial charge in [-0.15, -0.1) is 0 Å². The van der Waals surface area contributed by atoms with Crippen molar-refractivity contribution in [1.82, 2.24) is 10.3 Å². The molecular weight excluding hydrogens is 228 g/mol. The number of aliphatic imine (C=N–C) groups is 1. The fourth-order valence-electron chi connectivity index (χ4n) is 2.59. The Morgan fingerprint density at radius 1 is 1.56 bits per heavy atom. The molecule has 2 unspecified atom stereocenters. The van der Waals surface area contributed by atoms with E-state index in [1.807, 2.05) is 6.92 Å². The maximum atomic E-state index is 5.64. The zero-order chi connectivity index (χ0) is 13.4. The lowest BCUT2D eigenvalue weighted by atomic mass is 9.99. The first kappa shape index (κ1) is 15.2. The molecule has 2 atom stereocenters. The quantitative estimate of drug-likeness (QED) is 0.339. The van der Waals surface area contributed by atoms with Gasteiger partial charge >= 0.3 is 0 Å². The molecule has 1 saturated heterocycles. The molecule has 5 heteroatoms. The number of nitrogens with two attached hydrogens (primary N) is 1. The molecule has 5 nitrogen and oxygen atoms in total. The Morgan fingerprint density at radius 2 is 2.33 bits per heavy atom. The van der Waals surface area contributed by atoms with Gasteiger partial charge in [0.05, 0.1) is 12.6 Å². The van der Waals surface area contributed by atoms with Crippen LogP contribution in [0.2, 0.25) is 0 Å². The zero-order valence-electron chi connectivity index (χ0n) is 12.0. The number of hydrogen-bond acceptors (Lipinski definition) is 3. The van der Waals surface area contributed by atoms with Gasteiger partial charge in [0.2, 0.25) is 5.96 Å². The number of piperidine rings is 1. The Hall–Kier alpha value is -0.810. The molecule has 0 radical (unpaired) electrons. The van der Waals surface area contributed by atoms with Gasteiger partial charge in [-0.1, -0.05) is 13.3 Å². The van der Waals surface area contributed by atoms with Crippen LogP contribution in [-0.4, -0.2) is 43.2 Å². The molecule has 0 spiro atoms. The van der Waals surface area contributed by atoms with Gasteiger partial charge in [-0.05, 0) is 32.6 Å². The Balaban J connectivity index is 2.70. The third-order valence-corrected chi connectivity index (χ3v) is 3.40. The number of ether oxygens (including phenoxy) is 1. The van der Waals surface area contributed by atoms with Crippen molar-refractivity contribution in [1.29, 1.82) is 0 Å². The van der Waals surface area contributed by atoms with Crippen LogP contribution in [-0.2, 0) is 4.74 Å². The van der Waals surface area contributed by atoms with Gasteiger partial charge < -0.3 is 9.64 Å². The SMILES string of the molecule is CCCC1CCCCN1C(=NC(C)COC)NN. The molecule has 0 aromatic carbocycles. The summed E-state index contributed by atoms with van der Waals surface area (Å²) in [5.74, 6) is 6.46.